The standard InChI is InChI=1S/C18H25N5S/c1-2-19-18(22-14-16-6-5-11-24-16)21-13-15-7-8-17(20-12-15)23-9-3-4-10-23/h5-8,11-12H,2-4,9-10,13-14H2,1H3,(H2,19,21,22). The summed E-state index contributed by atoms with van der Waals surface area (Å²) in [7, 11) is 0. The zero-order valence-corrected chi connectivity index (χ0v) is 15.0. The molecule has 0 unspecified atom stereocenters. The minimum absolute atomic E-state index is 0.632. The van der Waals surface area contributed by atoms with Gasteiger partial charge in [0.25, 0.3) is 0 Å². The van der Waals surface area contributed by atoms with Crippen LogP contribution in [0.25, 0.3) is 0 Å². The third-order valence-electron chi connectivity index (χ3n) is 4.01. The fraction of sp³-hybridized carbons (Fsp3) is 0.444. The van der Waals surface area contributed by atoms with E-state index in [0.29, 0.717) is 6.54 Å². The Balaban J connectivity index is 1.56. The number of hydrogen-bond donors (Lipinski definition) is 2. The molecule has 0 atom stereocenters. The Labute approximate surface area is 147 Å². The molecule has 1 fully saturated rings. The first-order valence-corrected chi connectivity index (χ1v) is 9.47. The maximum absolute atomic E-state index is 4.66. The SMILES string of the molecule is CCNC(=NCc1ccc(N2CCCC2)nc1)NCc1cccs1. The normalized spacial score (nSPS) is 14.9. The van der Waals surface area contributed by atoms with Crippen molar-refractivity contribution in [3.05, 3.63) is 46.3 Å². The number of pyridine rings is 1. The smallest absolute Gasteiger partial charge is 0.191 e. The molecule has 6 heteroatoms. The number of thiophene rings is 1. The number of nitrogens with zero attached hydrogens (tertiary/aromatic N) is 3. The van der Waals surface area contributed by atoms with Crippen molar-refractivity contribution < 1.29 is 0 Å². The molecule has 0 amide bonds. The summed E-state index contributed by atoms with van der Waals surface area (Å²) in [4.78, 5) is 12.9. The van der Waals surface area contributed by atoms with Gasteiger partial charge >= 0.3 is 0 Å². The van der Waals surface area contributed by atoms with Crippen LogP contribution in [0.15, 0.2) is 40.8 Å². The van der Waals surface area contributed by atoms with Gasteiger partial charge in [0.15, 0.2) is 5.96 Å². The number of anilines is 1. The monoisotopic (exact) mass is 343 g/mol. The van der Waals surface area contributed by atoms with Gasteiger partial charge in [-0.15, -0.1) is 11.3 Å². The largest absolute Gasteiger partial charge is 0.357 e. The van der Waals surface area contributed by atoms with Crippen LogP contribution in [0.3, 0.4) is 0 Å². The van der Waals surface area contributed by atoms with E-state index in [0.717, 1.165) is 43.5 Å². The van der Waals surface area contributed by atoms with Crippen molar-refractivity contribution in [2.45, 2.75) is 32.9 Å². The van der Waals surface area contributed by atoms with Gasteiger partial charge in [-0.1, -0.05) is 12.1 Å². The molecule has 3 heterocycles. The van der Waals surface area contributed by atoms with Crippen molar-refractivity contribution >= 4 is 23.1 Å². The first-order chi connectivity index (χ1) is 11.8. The molecule has 0 radical (unpaired) electrons. The number of aliphatic imine (C=N–C) groups is 1. The van der Waals surface area contributed by atoms with Crippen LogP contribution < -0.4 is 15.5 Å². The quantitative estimate of drug-likeness (QED) is 0.625. The lowest BCUT2D eigenvalue weighted by molar-refractivity contribution is 0.822. The molecule has 0 spiro atoms. The van der Waals surface area contributed by atoms with Gasteiger partial charge in [0.2, 0.25) is 0 Å². The molecule has 2 aromatic rings. The molecule has 0 bridgehead atoms. The van der Waals surface area contributed by atoms with Crippen LogP contribution in [0, 0.1) is 0 Å². The molecule has 1 aliphatic heterocycles. The fourth-order valence-electron chi connectivity index (χ4n) is 2.74. The highest BCUT2D eigenvalue weighted by molar-refractivity contribution is 7.09. The third-order valence-corrected chi connectivity index (χ3v) is 4.89. The fourth-order valence-corrected chi connectivity index (χ4v) is 3.38. The summed E-state index contributed by atoms with van der Waals surface area (Å²) in [5.41, 5.74) is 1.13. The second kappa shape index (κ2) is 8.68. The van der Waals surface area contributed by atoms with Crippen molar-refractivity contribution in [1.82, 2.24) is 15.6 Å². The topological polar surface area (TPSA) is 52.6 Å². The van der Waals surface area contributed by atoms with Gasteiger partial charge in [-0.25, -0.2) is 9.98 Å². The van der Waals surface area contributed by atoms with Crippen LogP contribution in [0.5, 0.6) is 0 Å². The van der Waals surface area contributed by atoms with E-state index in [4.69, 9.17) is 0 Å². The van der Waals surface area contributed by atoms with E-state index >= 15 is 0 Å². The van der Waals surface area contributed by atoms with Gasteiger partial charge in [0.05, 0.1) is 13.1 Å². The van der Waals surface area contributed by atoms with Gasteiger partial charge in [0.1, 0.15) is 5.82 Å². The van der Waals surface area contributed by atoms with Crippen LogP contribution in [-0.4, -0.2) is 30.6 Å². The molecule has 5 nitrogen and oxygen atoms in total. The summed E-state index contributed by atoms with van der Waals surface area (Å²) in [5.74, 6) is 1.93. The Morgan fingerprint density at radius 2 is 2.12 bits per heavy atom. The second-order valence-corrected chi connectivity index (χ2v) is 6.88. The van der Waals surface area contributed by atoms with E-state index in [1.54, 1.807) is 11.3 Å². The van der Waals surface area contributed by atoms with Crippen LogP contribution in [0.1, 0.15) is 30.2 Å². The number of hydrogen-bond acceptors (Lipinski definition) is 4. The summed E-state index contributed by atoms with van der Waals surface area (Å²) < 4.78 is 0. The number of nitrogens with one attached hydrogen (secondary N) is 2. The highest BCUT2D eigenvalue weighted by atomic mass is 32.1. The minimum atomic E-state index is 0.632. The predicted molar refractivity (Wildman–Crippen MR) is 102 cm³/mol. The van der Waals surface area contributed by atoms with Crippen molar-refractivity contribution in [2.24, 2.45) is 4.99 Å². The van der Waals surface area contributed by atoms with Crippen molar-refractivity contribution in [1.29, 1.82) is 0 Å². The zero-order valence-electron chi connectivity index (χ0n) is 14.2. The van der Waals surface area contributed by atoms with E-state index in [9.17, 15) is 0 Å². The van der Waals surface area contributed by atoms with Gasteiger partial charge in [-0.3, -0.25) is 0 Å². The highest BCUT2D eigenvalue weighted by Gasteiger charge is 2.12. The third kappa shape index (κ3) is 4.71. The molecule has 1 aliphatic rings. The lowest BCUT2D eigenvalue weighted by atomic mass is 10.3. The summed E-state index contributed by atoms with van der Waals surface area (Å²) >= 11 is 1.75. The Morgan fingerprint density at radius 3 is 2.79 bits per heavy atom. The van der Waals surface area contributed by atoms with Crippen LogP contribution in [0.2, 0.25) is 0 Å². The molecule has 0 saturated carbocycles. The maximum Gasteiger partial charge on any atom is 0.191 e. The number of rotatable bonds is 6. The summed E-state index contributed by atoms with van der Waals surface area (Å²) in [6.45, 7) is 6.61. The van der Waals surface area contributed by atoms with E-state index in [2.05, 4.69) is 62.1 Å². The van der Waals surface area contributed by atoms with E-state index < -0.39 is 0 Å². The van der Waals surface area contributed by atoms with E-state index in [1.165, 1.54) is 17.7 Å². The van der Waals surface area contributed by atoms with Crippen molar-refractivity contribution in [3.63, 3.8) is 0 Å². The average molecular weight is 344 g/mol. The number of guanidine groups is 1. The molecule has 2 aromatic heterocycles. The molecule has 2 N–H and O–H groups in total. The first-order valence-electron chi connectivity index (χ1n) is 8.59. The minimum Gasteiger partial charge on any atom is -0.357 e. The van der Waals surface area contributed by atoms with Crippen LogP contribution in [0.4, 0.5) is 5.82 Å². The Morgan fingerprint density at radius 1 is 1.25 bits per heavy atom. The maximum atomic E-state index is 4.66. The van der Waals surface area contributed by atoms with E-state index in [-0.39, 0.29) is 0 Å². The Kier molecular flexibility index (Phi) is 6.07. The predicted octanol–water partition coefficient (Wildman–Crippen LogP) is 3.00. The molecule has 128 valence electrons. The van der Waals surface area contributed by atoms with Gasteiger partial charge in [-0.2, -0.15) is 0 Å². The zero-order chi connectivity index (χ0) is 16.6. The lowest BCUT2D eigenvalue weighted by Gasteiger charge is -2.16. The molecule has 3 rings (SSSR count). The average Bonchev–Trinajstić information content (AvgIpc) is 3.31. The highest BCUT2D eigenvalue weighted by Crippen LogP contribution is 2.17. The first kappa shape index (κ1) is 16.8. The second-order valence-electron chi connectivity index (χ2n) is 5.85. The molecule has 1 saturated heterocycles. The lowest BCUT2D eigenvalue weighted by Crippen LogP contribution is -2.36. The van der Waals surface area contributed by atoms with Gasteiger partial charge < -0.3 is 15.5 Å². The summed E-state index contributed by atoms with van der Waals surface area (Å²) in [5, 5.41) is 8.75. The van der Waals surface area contributed by atoms with Crippen LogP contribution >= 0.6 is 11.3 Å². The Bertz CT molecular complexity index is 630. The molecule has 24 heavy (non-hydrogen) atoms. The van der Waals surface area contributed by atoms with Crippen LogP contribution in [-0.2, 0) is 13.1 Å². The van der Waals surface area contributed by atoms with Crippen molar-refractivity contribution in [3.8, 4) is 0 Å². The summed E-state index contributed by atoms with van der Waals surface area (Å²) in [6, 6.07) is 8.44. The summed E-state index contributed by atoms with van der Waals surface area (Å²) in [6.07, 6.45) is 4.49. The number of aromatic nitrogens is 1. The van der Waals surface area contributed by atoms with E-state index in [1.807, 2.05) is 6.20 Å². The van der Waals surface area contributed by atoms with Crippen molar-refractivity contribution in [2.75, 3.05) is 24.5 Å². The molecule has 0 aliphatic carbocycles. The van der Waals surface area contributed by atoms with Gasteiger partial charge in [0, 0.05) is 30.7 Å². The molecule has 0 aromatic carbocycles. The molecular weight excluding hydrogens is 318 g/mol. The Hall–Kier alpha value is -2.08. The molecular formula is C18H25N5S. The van der Waals surface area contributed by atoms with Gasteiger partial charge in [-0.05, 0) is 42.8 Å².